The fraction of sp³-hybridized carbons (Fsp3) is 1.00. The summed E-state index contributed by atoms with van der Waals surface area (Å²) in [4.78, 5) is 0.586. The van der Waals surface area contributed by atoms with Gasteiger partial charge in [0, 0.05) is 11.4 Å². The zero-order chi connectivity index (χ0) is 11.3. The minimum atomic E-state index is -3.01. The summed E-state index contributed by atoms with van der Waals surface area (Å²) in [5.74, 6) is 0.791. The molecule has 0 spiro atoms. The number of rotatable bonds is 6. The number of hydrogen-bond donors (Lipinski definition) is 1. The Kier molecular flexibility index (Phi) is 5.57. The van der Waals surface area contributed by atoms with Gasteiger partial charge in [-0.2, -0.15) is 0 Å². The highest BCUT2D eigenvalue weighted by molar-refractivity contribution is 9.09. The van der Waals surface area contributed by atoms with Gasteiger partial charge in [-0.3, -0.25) is 0 Å². The van der Waals surface area contributed by atoms with E-state index < -0.39 is 10.0 Å². The van der Waals surface area contributed by atoms with E-state index in [0.717, 1.165) is 25.7 Å². The Labute approximate surface area is 101 Å². The van der Waals surface area contributed by atoms with E-state index >= 15 is 0 Å². The van der Waals surface area contributed by atoms with E-state index in [1.807, 2.05) is 6.92 Å². The monoisotopic (exact) mass is 297 g/mol. The molecule has 15 heavy (non-hydrogen) atoms. The van der Waals surface area contributed by atoms with Gasteiger partial charge >= 0.3 is 0 Å². The van der Waals surface area contributed by atoms with Crippen LogP contribution in [0.3, 0.4) is 0 Å². The molecule has 1 saturated carbocycles. The van der Waals surface area contributed by atoms with Crippen molar-refractivity contribution in [1.29, 1.82) is 0 Å². The van der Waals surface area contributed by atoms with Crippen molar-refractivity contribution in [1.82, 2.24) is 4.72 Å². The van der Waals surface area contributed by atoms with Gasteiger partial charge in [0.2, 0.25) is 10.0 Å². The topological polar surface area (TPSA) is 46.2 Å². The standard InChI is InChI=1S/C10H20BrNO2S/c1-2-3-6-15(13,14)12-8-9-4-5-10(11)7-9/h9-10,12H,2-8H2,1H3. The van der Waals surface area contributed by atoms with Crippen molar-refractivity contribution >= 4 is 26.0 Å². The summed E-state index contributed by atoms with van der Waals surface area (Å²) in [7, 11) is -3.01. The van der Waals surface area contributed by atoms with Crippen molar-refractivity contribution in [3.8, 4) is 0 Å². The highest BCUT2D eigenvalue weighted by Gasteiger charge is 2.23. The van der Waals surface area contributed by atoms with E-state index in [1.165, 1.54) is 6.42 Å². The SMILES string of the molecule is CCCCS(=O)(=O)NCC1CCC(Br)C1. The minimum absolute atomic E-state index is 0.272. The van der Waals surface area contributed by atoms with Crippen LogP contribution in [0.25, 0.3) is 0 Å². The molecule has 1 fully saturated rings. The van der Waals surface area contributed by atoms with Crippen LogP contribution in [-0.2, 0) is 10.0 Å². The summed E-state index contributed by atoms with van der Waals surface area (Å²) in [5, 5.41) is 0. The van der Waals surface area contributed by atoms with Crippen molar-refractivity contribution < 1.29 is 8.42 Å². The van der Waals surface area contributed by atoms with Crippen LogP contribution in [0.1, 0.15) is 39.0 Å². The minimum Gasteiger partial charge on any atom is -0.215 e. The molecule has 1 rings (SSSR count). The summed E-state index contributed by atoms with van der Waals surface area (Å²) < 4.78 is 25.7. The highest BCUT2D eigenvalue weighted by Crippen LogP contribution is 2.30. The van der Waals surface area contributed by atoms with E-state index in [-0.39, 0.29) is 5.75 Å². The first-order valence-corrected chi connectivity index (χ1v) is 8.21. The Morgan fingerprint density at radius 1 is 1.40 bits per heavy atom. The second kappa shape index (κ2) is 6.21. The third-order valence-electron chi connectivity index (χ3n) is 2.84. The summed E-state index contributed by atoms with van der Waals surface area (Å²) >= 11 is 3.56. The Morgan fingerprint density at radius 3 is 2.67 bits per heavy atom. The van der Waals surface area contributed by atoms with E-state index in [9.17, 15) is 8.42 Å². The van der Waals surface area contributed by atoms with Gasteiger partial charge in [0.25, 0.3) is 0 Å². The van der Waals surface area contributed by atoms with E-state index in [1.54, 1.807) is 0 Å². The molecule has 0 aliphatic heterocycles. The maximum Gasteiger partial charge on any atom is 0.211 e. The number of nitrogens with one attached hydrogen (secondary N) is 1. The predicted octanol–water partition coefficient (Wildman–Crippen LogP) is 2.27. The second-order valence-electron chi connectivity index (χ2n) is 4.30. The lowest BCUT2D eigenvalue weighted by molar-refractivity contribution is 0.519. The lowest BCUT2D eigenvalue weighted by atomic mass is 10.1. The number of hydrogen-bond acceptors (Lipinski definition) is 2. The molecule has 2 atom stereocenters. The average Bonchev–Trinajstić information content (AvgIpc) is 2.59. The zero-order valence-electron chi connectivity index (χ0n) is 9.21. The molecule has 0 aromatic carbocycles. The normalized spacial score (nSPS) is 27.1. The maximum absolute atomic E-state index is 11.5. The number of alkyl halides is 1. The summed E-state index contributed by atoms with van der Waals surface area (Å²) in [6.45, 7) is 2.62. The Balaban J connectivity index is 2.24. The third-order valence-corrected chi connectivity index (χ3v) is 5.10. The molecule has 0 aromatic heterocycles. The molecule has 2 unspecified atom stereocenters. The molecule has 3 nitrogen and oxygen atoms in total. The lowest BCUT2D eigenvalue weighted by Gasteiger charge is -2.11. The van der Waals surface area contributed by atoms with Crippen LogP contribution in [0.2, 0.25) is 0 Å². The van der Waals surface area contributed by atoms with Gasteiger partial charge in [-0.05, 0) is 31.6 Å². The van der Waals surface area contributed by atoms with Gasteiger partial charge in [0.1, 0.15) is 0 Å². The molecule has 1 N–H and O–H groups in total. The molecule has 0 bridgehead atoms. The number of sulfonamides is 1. The van der Waals surface area contributed by atoms with Gasteiger partial charge in [-0.25, -0.2) is 13.1 Å². The van der Waals surface area contributed by atoms with Crippen LogP contribution in [0.15, 0.2) is 0 Å². The number of halogens is 1. The summed E-state index contributed by atoms with van der Waals surface area (Å²) in [5.41, 5.74) is 0. The molecule has 0 amide bonds. The fourth-order valence-corrected chi connectivity index (χ4v) is 3.95. The fourth-order valence-electron chi connectivity index (χ4n) is 1.85. The Bertz CT molecular complexity index is 279. The molecule has 0 radical (unpaired) electrons. The molecule has 1 aliphatic carbocycles. The smallest absolute Gasteiger partial charge is 0.211 e. The Morgan fingerprint density at radius 2 is 2.13 bits per heavy atom. The molecule has 90 valence electrons. The van der Waals surface area contributed by atoms with Crippen LogP contribution >= 0.6 is 15.9 Å². The Hall–Kier alpha value is 0.390. The first kappa shape index (κ1) is 13.5. The van der Waals surface area contributed by atoms with Crippen LogP contribution in [0.4, 0.5) is 0 Å². The predicted molar refractivity (Wildman–Crippen MR) is 66.8 cm³/mol. The van der Waals surface area contributed by atoms with Crippen molar-refractivity contribution in [2.45, 2.75) is 43.9 Å². The van der Waals surface area contributed by atoms with Crippen molar-refractivity contribution in [3.63, 3.8) is 0 Å². The average molecular weight is 298 g/mol. The maximum atomic E-state index is 11.5. The number of unbranched alkanes of at least 4 members (excludes halogenated alkanes) is 1. The molecular formula is C10H20BrNO2S. The van der Waals surface area contributed by atoms with Gasteiger partial charge in [0.15, 0.2) is 0 Å². The van der Waals surface area contributed by atoms with E-state index in [4.69, 9.17) is 0 Å². The van der Waals surface area contributed by atoms with E-state index in [2.05, 4.69) is 20.7 Å². The van der Waals surface area contributed by atoms with Gasteiger partial charge in [-0.1, -0.05) is 29.3 Å². The van der Waals surface area contributed by atoms with Gasteiger partial charge < -0.3 is 0 Å². The largest absolute Gasteiger partial charge is 0.215 e. The quantitative estimate of drug-likeness (QED) is 0.765. The molecule has 0 heterocycles. The lowest BCUT2D eigenvalue weighted by Crippen LogP contribution is -2.30. The van der Waals surface area contributed by atoms with E-state index in [0.29, 0.717) is 17.3 Å². The first-order chi connectivity index (χ1) is 7.03. The summed E-state index contributed by atoms with van der Waals surface area (Å²) in [6.07, 6.45) is 5.07. The van der Waals surface area contributed by atoms with Crippen LogP contribution < -0.4 is 4.72 Å². The van der Waals surface area contributed by atoms with Crippen molar-refractivity contribution in [2.75, 3.05) is 12.3 Å². The first-order valence-electron chi connectivity index (χ1n) is 5.65. The molecule has 1 aliphatic rings. The van der Waals surface area contributed by atoms with Crippen molar-refractivity contribution in [2.24, 2.45) is 5.92 Å². The summed E-state index contributed by atoms with van der Waals surface area (Å²) in [6, 6.07) is 0. The van der Waals surface area contributed by atoms with Crippen LogP contribution in [-0.4, -0.2) is 25.5 Å². The van der Waals surface area contributed by atoms with Crippen molar-refractivity contribution in [3.05, 3.63) is 0 Å². The van der Waals surface area contributed by atoms with Crippen LogP contribution in [0.5, 0.6) is 0 Å². The molecule has 0 saturated heterocycles. The molecule has 0 aromatic rings. The molecule has 5 heteroatoms. The second-order valence-corrected chi connectivity index (χ2v) is 7.52. The zero-order valence-corrected chi connectivity index (χ0v) is 11.6. The highest BCUT2D eigenvalue weighted by atomic mass is 79.9. The van der Waals surface area contributed by atoms with Gasteiger partial charge in [0.05, 0.1) is 5.75 Å². The third kappa shape index (κ3) is 5.31. The van der Waals surface area contributed by atoms with Gasteiger partial charge in [-0.15, -0.1) is 0 Å². The molecular weight excluding hydrogens is 278 g/mol. The van der Waals surface area contributed by atoms with Crippen LogP contribution in [0, 0.1) is 5.92 Å².